The van der Waals surface area contributed by atoms with Crippen molar-refractivity contribution >= 4 is 21.8 Å². The summed E-state index contributed by atoms with van der Waals surface area (Å²) in [6.45, 7) is 4.69. The van der Waals surface area contributed by atoms with Crippen molar-refractivity contribution in [3.63, 3.8) is 0 Å². The number of aryl methyl sites for hydroxylation is 1. The first kappa shape index (κ1) is 13.7. The van der Waals surface area contributed by atoms with Crippen molar-refractivity contribution in [2.24, 2.45) is 0 Å². The lowest BCUT2D eigenvalue weighted by molar-refractivity contribution is 0.0775. The summed E-state index contributed by atoms with van der Waals surface area (Å²) in [5.41, 5.74) is 1.70. The number of halogens is 1. The van der Waals surface area contributed by atoms with Gasteiger partial charge in [-0.1, -0.05) is 13.0 Å². The summed E-state index contributed by atoms with van der Waals surface area (Å²) >= 11 is 3.39. The van der Waals surface area contributed by atoms with E-state index in [-0.39, 0.29) is 12.5 Å². The normalized spacial score (nSPS) is 9.76. The minimum atomic E-state index is -0.0970. The second kappa shape index (κ2) is 6.41. The molecule has 0 heterocycles. The Bertz CT molecular complexity index is 451. The maximum atomic E-state index is 12.2. The molecule has 1 aromatic rings. The van der Waals surface area contributed by atoms with Crippen LogP contribution in [0.1, 0.15) is 29.3 Å². The fourth-order valence-electron chi connectivity index (χ4n) is 1.57. The van der Waals surface area contributed by atoms with Gasteiger partial charge in [-0.25, -0.2) is 0 Å². The number of benzene rings is 1. The molecule has 4 heteroatoms. The monoisotopic (exact) mass is 294 g/mol. The van der Waals surface area contributed by atoms with Crippen molar-refractivity contribution in [2.75, 3.05) is 13.1 Å². The lowest BCUT2D eigenvalue weighted by Gasteiger charge is -2.19. The Hall–Kier alpha value is -1.34. The van der Waals surface area contributed by atoms with E-state index < -0.39 is 0 Å². The van der Waals surface area contributed by atoms with Crippen molar-refractivity contribution < 1.29 is 4.79 Å². The van der Waals surface area contributed by atoms with Gasteiger partial charge >= 0.3 is 0 Å². The van der Waals surface area contributed by atoms with Crippen molar-refractivity contribution in [2.45, 2.75) is 20.3 Å². The fraction of sp³-hybridized carbons (Fsp3) is 0.385. The third-order valence-electron chi connectivity index (χ3n) is 2.40. The molecule has 0 aliphatic carbocycles. The molecular formula is C13H15BrN2O. The van der Waals surface area contributed by atoms with E-state index >= 15 is 0 Å². The van der Waals surface area contributed by atoms with Gasteiger partial charge in [0.05, 0.1) is 11.6 Å². The third-order valence-corrected chi connectivity index (χ3v) is 3.05. The van der Waals surface area contributed by atoms with E-state index in [4.69, 9.17) is 5.26 Å². The number of carbonyl (C=O) groups is 1. The van der Waals surface area contributed by atoms with Crippen LogP contribution < -0.4 is 0 Å². The largest absolute Gasteiger partial charge is 0.325 e. The minimum Gasteiger partial charge on any atom is -0.325 e. The van der Waals surface area contributed by atoms with E-state index in [0.717, 1.165) is 16.5 Å². The molecule has 0 N–H and O–H groups in total. The summed E-state index contributed by atoms with van der Waals surface area (Å²) in [7, 11) is 0. The van der Waals surface area contributed by atoms with Crippen LogP contribution in [0.2, 0.25) is 0 Å². The highest BCUT2D eigenvalue weighted by atomic mass is 79.9. The van der Waals surface area contributed by atoms with Crippen molar-refractivity contribution in [1.29, 1.82) is 5.26 Å². The molecule has 0 unspecified atom stereocenters. The van der Waals surface area contributed by atoms with Gasteiger partial charge in [-0.2, -0.15) is 5.26 Å². The maximum Gasteiger partial charge on any atom is 0.255 e. The lowest BCUT2D eigenvalue weighted by atomic mass is 10.1. The second-order valence-corrected chi connectivity index (χ2v) is 4.72. The van der Waals surface area contributed by atoms with Gasteiger partial charge < -0.3 is 4.90 Å². The summed E-state index contributed by atoms with van der Waals surface area (Å²) in [6.07, 6.45) is 0.844. The second-order valence-electron chi connectivity index (χ2n) is 3.87. The number of amides is 1. The number of hydrogen-bond donors (Lipinski definition) is 0. The van der Waals surface area contributed by atoms with Gasteiger partial charge in [-0.15, -0.1) is 0 Å². The molecule has 3 nitrogen and oxygen atoms in total. The van der Waals surface area contributed by atoms with Gasteiger partial charge in [0.2, 0.25) is 0 Å². The van der Waals surface area contributed by atoms with Crippen LogP contribution in [0.25, 0.3) is 0 Å². The Morgan fingerprint density at radius 2 is 2.24 bits per heavy atom. The van der Waals surface area contributed by atoms with Gasteiger partial charge in [0.15, 0.2) is 0 Å². The molecule has 0 aliphatic heterocycles. The predicted octanol–water partition coefficient (Wildman–Crippen LogP) is 3.13. The molecule has 1 aromatic carbocycles. The van der Waals surface area contributed by atoms with E-state index in [1.165, 1.54) is 0 Å². The van der Waals surface area contributed by atoms with E-state index in [9.17, 15) is 4.79 Å². The third kappa shape index (κ3) is 3.57. The molecular weight excluding hydrogens is 280 g/mol. The van der Waals surface area contributed by atoms with Gasteiger partial charge in [0, 0.05) is 11.0 Å². The van der Waals surface area contributed by atoms with Crippen LogP contribution in [-0.2, 0) is 0 Å². The Kier molecular flexibility index (Phi) is 5.17. The molecule has 90 valence electrons. The average Bonchev–Trinajstić information content (AvgIpc) is 2.28. The van der Waals surface area contributed by atoms with Gasteiger partial charge in [-0.05, 0) is 47.0 Å². The quantitative estimate of drug-likeness (QED) is 0.801. The summed E-state index contributed by atoms with van der Waals surface area (Å²) in [5.74, 6) is -0.0970. The van der Waals surface area contributed by atoms with Crippen LogP contribution in [0.3, 0.4) is 0 Å². The maximum absolute atomic E-state index is 12.2. The van der Waals surface area contributed by atoms with E-state index in [1.54, 1.807) is 11.0 Å². The van der Waals surface area contributed by atoms with E-state index in [1.807, 2.05) is 32.0 Å². The molecule has 17 heavy (non-hydrogen) atoms. The van der Waals surface area contributed by atoms with Crippen molar-refractivity contribution in [3.8, 4) is 6.07 Å². The first-order chi connectivity index (χ1) is 8.10. The number of hydrogen-bond acceptors (Lipinski definition) is 2. The Morgan fingerprint density at radius 1 is 1.53 bits per heavy atom. The Labute approximate surface area is 110 Å². The zero-order valence-electron chi connectivity index (χ0n) is 10.0. The average molecular weight is 295 g/mol. The molecule has 0 saturated heterocycles. The molecule has 1 amide bonds. The van der Waals surface area contributed by atoms with Crippen LogP contribution >= 0.6 is 15.9 Å². The number of rotatable bonds is 4. The van der Waals surface area contributed by atoms with Crippen LogP contribution in [0.5, 0.6) is 0 Å². The summed E-state index contributed by atoms with van der Waals surface area (Å²) < 4.78 is 0.779. The standard InChI is InChI=1S/C13H15BrN2O/c1-3-7-16(8-6-15)13(17)11-5-4-10(2)9-12(11)14/h4-5,9H,3,7-8H2,1-2H3. The highest BCUT2D eigenvalue weighted by molar-refractivity contribution is 9.10. The van der Waals surface area contributed by atoms with Gasteiger partial charge in [0.1, 0.15) is 6.54 Å². The van der Waals surface area contributed by atoms with Crippen LogP contribution in [-0.4, -0.2) is 23.9 Å². The smallest absolute Gasteiger partial charge is 0.255 e. The van der Waals surface area contributed by atoms with Crippen LogP contribution in [0.4, 0.5) is 0 Å². The fourth-order valence-corrected chi connectivity index (χ4v) is 2.23. The molecule has 0 aliphatic rings. The Balaban J connectivity index is 2.97. The molecule has 0 radical (unpaired) electrons. The molecule has 0 atom stereocenters. The molecule has 0 fully saturated rings. The first-order valence-electron chi connectivity index (χ1n) is 5.52. The highest BCUT2D eigenvalue weighted by Gasteiger charge is 2.17. The SMILES string of the molecule is CCCN(CC#N)C(=O)c1ccc(C)cc1Br. The van der Waals surface area contributed by atoms with E-state index in [2.05, 4.69) is 15.9 Å². The van der Waals surface area contributed by atoms with Crippen molar-refractivity contribution in [1.82, 2.24) is 4.90 Å². The minimum absolute atomic E-state index is 0.0970. The summed E-state index contributed by atoms with van der Waals surface area (Å²) in [5, 5.41) is 8.72. The lowest BCUT2D eigenvalue weighted by Crippen LogP contribution is -2.32. The van der Waals surface area contributed by atoms with E-state index in [0.29, 0.717) is 12.1 Å². The zero-order chi connectivity index (χ0) is 12.8. The topological polar surface area (TPSA) is 44.1 Å². The first-order valence-corrected chi connectivity index (χ1v) is 6.31. The van der Waals surface area contributed by atoms with Gasteiger partial charge in [-0.3, -0.25) is 4.79 Å². The molecule has 0 saturated carbocycles. The van der Waals surface area contributed by atoms with Crippen LogP contribution in [0.15, 0.2) is 22.7 Å². The van der Waals surface area contributed by atoms with Gasteiger partial charge in [0.25, 0.3) is 5.91 Å². The predicted molar refractivity (Wildman–Crippen MR) is 70.7 cm³/mol. The summed E-state index contributed by atoms with van der Waals surface area (Å²) in [6, 6.07) is 7.62. The Morgan fingerprint density at radius 3 is 2.76 bits per heavy atom. The number of nitrogens with zero attached hydrogens (tertiary/aromatic N) is 2. The molecule has 0 spiro atoms. The number of carbonyl (C=O) groups excluding carboxylic acids is 1. The molecule has 1 rings (SSSR count). The number of nitriles is 1. The zero-order valence-corrected chi connectivity index (χ0v) is 11.6. The van der Waals surface area contributed by atoms with Crippen molar-refractivity contribution in [3.05, 3.63) is 33.8 Å². The molecule has 0 bridgehead atoms. The highest BCUT2D eigenvalue weighted by Crippen LogP contribution is 2.20. The molecule has 0 aromatic heterocycles. The summed E-state index contributed by atoms with van der Waals surface area (Å²) in [4.78, 5) is 13.8. The van der Waals surface area contributed by atoms with Crippen LogP contribution in [0, 0.1) is 18.3 Å².